The average Bonchev–Trinajstić information content (AvgIpc) is 2.19. The van der Waals surface area contributed by atoms with Crippen molar-refractivity contribution in [3.8, 4) is 0 Å². The fraction of sp³-hybridized carbons (Fsp3) is 0.357. The quantitative estimate of drug-likeness (QED) is 0.536. The van der Waals surface area contributed by atoms with Gasteiger partial charge in [0.25, 0.3) is 0 Å². The van der Waals surface area contributed by atoms with Crippen LogP contribution in [-0.4, -0.2) is 5.78 Å². The number of Topliss-reactive ketones (excluding diaryl/α,β-unsaturated/α-hetero) is 1. The molecule has 80 valence electrons. The van der Waals surface area contributed by atoms with Crippen molar-refractivity contribution in [1.82, 2.24) is 0 Å². The molecule has 0 amide bonds. The van der Waals surface area contributed by atoms with Crippen LogP contribution < -0.4 is 0 Å². The minimum Gasteiger partial charge on any atom is -0.295 e. The lowest BCUT2D eigenvalue weighted by Crippen LogP contribution is -2.03. The van der Waals surface area contributed by atoms with Crippen molar-refractivity contribution in [1.29, 1.82) is 0 Å². The molecule has 0 saturated carbocycles. The molecule has 0 fully saturated rings. The summed E-state index contributed by atoms with van der Waals surface area (Å²) in [4.78, 5) is 11.1. The van der Waals surface area contributed by atoms with E-state index in [-0.39, 0.29) is 5.78 Å². The van der Waals surface area contributed by atoms with Gasteiger partial charge in [0.2, 0.25) is 0 Å². The first-order valence-corrected chi connectivity index (χ1v) is 5.29. The van der Waals surface area contributed by atoms with Gasteiger partial charge in [-0.15, -0.1) is 6.58 Å². The Morgan fingerprint density at radius 3 is 2.13 bits per heavy atom. The molecule has 0 aliphatic carbocycles. The maximum atomic E-state index is 11.1. The number of hydrogen-bond donors (Lipinski definition) is 0. The zero-order valence-electron chi connectivity index (χ0n) is 9.66. The first kappa shape index (κ1) is 11.7. The van der Waals surface area contributed by atoms with Gasteiger partial charge in [0.1, 0.15) is 0 Å². The third-order valence-electron chi connectivity index (χ3n) is 2.67. The largest absolute Gasteiger partial charge is 0.295 e. The van der Waals surface area contributed by atoms with Crippen LogP contribution in [0.4, 0.5) is 0 Å². The molecule has 0 aliphatic rings. The van der Waals surface area contributed by atoms with Crippen LogP contribution in [0.2, 0.25) is 0 Å². The van der Waals surface area contributed by atoms with Gasteiger partial charge in [-0.25, -0.2) is 0 Å². The van der Waals surface area contributed by atoms with E-state index in [2.05, 4.69) is 20.4 Å². The van der Waals surface area contributed by atoms with E-state index < -0.39 is 0 Å². The molecule has 0 aliphatic heterocycles. The molecular weight excluding hydrogens is 184 g/mol. The van der Waals surface area contributed by atoms with Crippen molar-refractivity contribution < 1.29 is 4.79 Å². The SMILES string of the molecule is C=C[C@H](c1ccc(C(C)=O)cc1)C(C)C. The fourth-order valence-corrected chi connectivity index (χ4v) is 1.73. The van der Waals surface area contributed by atoms with Gasteiger partial charge in [-0.05, 0) is 18.4 Å². The molecule has 0 radical (unpaired) electrons. The second-order valence-electron chi connectivity index (χ2n) is 4.18. The molecule has 0 unspecified atom stereocenters. The summed E-state index contributed by atoms with van der Waals surface area (Å²) in [6.07, 6.45) is 1.97. The molecule has 15 heavy (non-hydrogen) atoms. The van der Waals surface area contributed by atoms with Crippen LogP contribution in [0, 0.1) is 5.92 Å². The number of rotatable bonds is 4. The van der Waals surface area contributed by atoms with Crippen molar-refractivity contribution in [2.75, 3.05) is 0 Å². The Kier molecular flexibility index (Phi) is 3.84. The van der Waals surface area contributed by atoms with E-state index in [1.807, 2.05) is 30.3 Å². The summed E-state index contributed by atoms with van der Waals surface area (Å²) in [5, 5.41) is 0. The van der Waals surface area contributed by atoms with Crippen molar-refractivity contribution in [2.24, 2.45) is 5.92 Å². The number of ketones is 1. The zero-order valence-corrected chi connectivity index (χ0v) is 9.66. The van der Waals surface area contributed by atoms with Crippen molar-refractivity contribution in [3.05, 3.63) is 48.0 Å². The molecule has 0 N–H and O–H groups in total. The van der Waals surface area contributed by atoms with Crippen LogP contribution in [0.15, 0.2) is 36.9 Å². The summed E-state index contributed by atoms with van der Waals surface area (Å²) in [6.45, 7) is 9.78. The first-order chi connectivity index (χ1) is 7.06. The van der Waals surface area contributed by atoms with Gasteiger partial charge >= 0.3 is 0 Å². The van der Waals surface area contributed by atoms with Crippen LogP contribution in [0.25, 0.3) is 0 Å². The molecule has 0 bridgehead atoms. The summed E-state index contributed by atoms with van der Waals surface area (Å²) in [5.41, 5.74) is 2.00. The van der Waals surface area contributed by atoms with Crippen LogP contribution in [0.5, 0.6) is 0 Å². The van der Waals surface area contributed by atoms with E-state index in [1.54, 1.807) is 6.92 Å². The van der Waals surface area contributed by atoms with Gasteiger partial charge in [-0.1, -0.05) is 44.2 Å². The predicted octanol–water partition coefficient (Wildman–Crippen LogP) is 3.81. The lowest BCUT2D eigenvalue weighted by atomic mass is 9.88. The third-order valence-corrected chi connectivity index (χ3v) is 2.67. The lowest BCUT2D eigenvalue weighted by molar-refractivity contribution is 0.101. The van der Waals surface area contributed by atoms with Crippen LogP contribution in [-0.2, 0) is 0 Å². The van der Waals surface area contributed by atoms with E-state index in [9.17, 15) is 4.79 Å². The van der Waals surface area contributed by atoms with Crippen molar-refractivity contribution in [3.63, 3.8) is 0 Å². The second-order valence-corrected chi connectivity index (χ2v) is 4.18. The smallest absolute Gasteiger partial charge is 0.159 e. The number of hydrogen-bond acceptors (Lipinski definition) is 1. The van der Waals surface area contributed by atoms with Gasteiger partial charge in [-0.2, -0.15) is 0 Å². The highest BCUT2D eigenvalue weighted by Gasteiger charge is 2.11. The highest BCUT2D eigenvalue weighted by molar-refractivity contribution is 5.94. The summed E-state index contributed by atoms with van der Waals surface area (Å²) < 4.78 is 0. The fourth-order valence-electron chi connectivity index (χ4n) is 1.73. The first-order valence-electron chi connectivity index (χ1n) is 5.29. The van der Waals surface area contributed by atoms with Crippen molar-refractivity contribution >= 4 is 5.78 Å². The summed E-state index contributed by atoms with van der Waals surface area (Å²) >= 11 is 0. The standard InChI is InChI=1S/C14H18O/c1-5-14(10(2)3)13-8-6-12(7-9-13)11(4)15/h5-10,14H,1H2,2-4H3/t14-/m0/s1. The highest BCUT2D eigenvalue weighted by Crippen LogP contribution is 2.25. The van der Waals surface area contributed by atoms with Crippen LogP contribution in [0.1, 0.15) is 42.6 Å². The highest BCUT2D eigenvalue weighted by atomic mass is 16.1. The van der Waals surface area contributed by atoms with E-state index in [4.69, 9.17) is 0 Å². The molecule has 1 heteroatoms. The Morgan fingerprint density at radius 2 is 1.80 bits per heavy atom. The number of carbonyl (C=O) groups is 1. The van der Waals surface area contributed by atoms with Gasteiger partial charge in [0, 0.05) is 11.5 Å². The Labute approximate surface area is 91.8 Å². The summed E-state index contributed by atoms with van der Waals surface area (Å²) in [5.74, 6) is 1.01. The molecule has 0 heterocycles. The van der Waals surface area contributed by atoms with E-state index in [0.717, 1.165) is 5.56 Å². The van der Waals surface area contributed by atoms with E-state index in [1.165, 1.54) is 5.56 Å². The normalized spacial score (nSPS) is 12.5. The Hall–Kier alpha value is -1.37. The minimum atomic E-state index is 0.112. The topological polar surface area (TPSA) is 17.1 Å². The van der Waals surface area contributed by atoms with E-state index in [0.29, 0.717) is 11.8 Å². The summed E-state index contributed by atoms with van der Waals surface area (Å²) in [6, 6.07) is 7.80. The Morgan fingerprint density at radius 1 is 1.27 bits per heavy atom. The second kappa shape index (κ2) is 4.92. The van der Waals surface area contributed by atoms with Crippen LogP contribution in [0.3, 0.4) is 0 Å². The van der Waals surface area contributed by atoms with E-state index >= 15 is 0 Å². The maximum absolute atomic E-state index is 11.1. The number of carbonyl (C=O) groups excluding carboxylic acids is 1. The molecule has 1 rings (SSSR count). The van der Waals surface area contributed by atoms with Crippen molar-refractivity contribution in [2.45, 2.75) is 26.7 Å². The monoisotopic (exact) mass is 202 g/mol. The van der Waals surface area contributed by atoms with Gasteiger partial charge in [0.05, 0.1) is 0 Å². The number of allylic oxidation sites excluding steroid dienone is 1. The van der Waals surface area contributed by atoms with Crippen LogP contribution >= 0.6 is 0 Å². The predicted molar refractivity (Wildman–Crippen MR) is 64.2 cm³/mol. The molecule has 1 atom stereocenters. The molecular formula is C14H18O. The third kappa shape index (κ3) is 2.79. The molecule has 0 aromatic heterocycles. The van der Waals surface area contributed by atoms with Gasteiger partial charge < -0.3 is 0 Å². The molecule has 0 saturated heterocycles. The number of benzene rings is 1. The Bertz CT molecular complexity index is 346. The summed E-state index contributed by atoms with van der Waals surface area (Å²) in [7, 11) is 0. The molecule has 1 aromatic carbocycles. The Balaban J connectivity index is 2.96. The lowest BCUT2D eigenvalue weighted by Gasteiger charge is -2.17. The molecule has 1 nitrogen and oxygen atoms in total. The minimum absolute atomic E-state index is 0.112. The van der Waals surface area contributed by atoms with Gasteiger partial charge in [-0.3, -0.25) is 4.79 Å². The molecule has 1 aromatic rings. The van der Waals surface area contributed by atoms with Gasteiger partial charge in [0.15, 0.2) is 5.78 Å². The maximum Gasteiger partial charge on any atom is 0.159 e. The molecule has 0 spiro atoms. The average molecular weight is 202 g/mol. The zero-order chi connectivity index (χ0) is 11.4.